The van der Waals surface area contributed by atoms with Gasteiger partial charge in [-0.2, -0.15) is 0 Å². The zero-order valence-electron chi connectivity index (χ0n) is 12.1. The number of unbranched alkanes of at least 4 members (excludes halogenated alkanes) is 1. The van der Waals surface area contributed by atoms with Crippen molar-refractivity contribution in [3.05, 3.63) is 42.3 Å². The van der Waals surface area contributed by atoms with E-state index in [1.54, 1.807) is 12.1 Å². The van der Waals surface area contributed by atoms with Crippen LogP contribution >= 0.6 is 0 Å². The fraction of sp³-hybridized carbons (Fsp3) is 0.286. The van der Waals surface area contributed by atoms with Crippen LogP contribution in [0.3, 0.4) is 0 Å². The Hall–Kier alpha value is -2.19. The molecule has 8 heteroatoms. The van der Waals surface area contributed by atoms with E-state index in [2.05, 4.69) is 15.2 Å². The standard InChI is InChI=1S/C14H17N3O4S/c1-2-3-8-16-22(19,20)12-6-4-5-11(10-12)17-14(18)13-7-9-15-21-13/h4-7,9-10,16H,2-3,8H2,1H3,(H,17,18). The van der Waals surface area contributed by atoms with Crippen molar-refractivity contribution >= 4 is 21.6 Å². The fourth-order valence-corrected chi connectivity index (χ4v) is 2.85. The fourth-order valence-electron chi connectivity index (χ4n) is 1.73. The molecule has 0 saturated heterocycles. The number of carbonyl (C=O) groups excluding carboxylic acids is 1. The smallest absolute Gasteiger partial charge is 0.294 e. The third-order valence-electron chi connectivity index (χ3n) is 2.89. The van der Waals surface area contributed by atoms with Gasteiger partial charge < -0.3 is 9.84 Å². The molecule has 0 unspecified atom stereocenters. The van der Waals surface area contributed by atoms with E-state index in [4.69, 9.17) is 4.52 Å². The summed E-state index contributed by atoms with van der Waals surface area (Å²) in [6, 6.07) is 7.44. The highest BCUT2D eigenvalue weighted by Crippen LogP contribution is 2.16. The Morgan fingerprint density at radius 2 is 2.14 bits per heavy atom. The first-order valence-corrected chi connectivity index (χ1v) is 8.33. The highest BCUT2D eigenvalue weighted by atomic mass is 32.2. The third-order valence-corrected chi connectivity index (χ3v) is 4.34. The van der Waals surface area contributed by atoms with Crippen molar-refractivity contribution in [2.45, 2.75) is 24.7 Å². The maximum absolute atomic E-state index is 12.1. The molecule has 0 aliphatic rings. The van der Waals surface area contributed by atoms with E-state index in [9.17, 15) is 13.2 Å². The van der Waals surface area contributed by atoms with Crippen LogP contribution < -0.4 is 10.0 Å². The maximum Gasteiger partial charge on any atom is 0.294 e. The number of hydrogen-bond acceptors (Lipinski definition) is 5. The van der Waals surface area contributed by atoms with Crippen molar-refractivity contribution in [3.63, 3.8) is 0 Å². The number of hydrogen-bond donors (Lipinski definition) is 2. The van der Waals surface area contributed by atoms with Crippen LogP contribution in [0.5, 0.6) is 0 Å². The van der Waals surface area contributed by atoms with Gasteiger partial charge in [0.25, 0.3) is 5.91 Å². The second-order valence-electron chi connectivity index (χ2n) is 4.61. The average molecular weight is 323 g/mol. The highest BCUT2D eigenvalue weighted by molar-refractivity contribution is 7.89. The molecule has 1 aromatic heterocycles. The second-order valence-corrected chi connectivity index (χ2v) is 6.38. The molecule has 0 fully saturated rings. The van der Waals surface area contributed by atoms with Crippen LogP contribution in [0.15, 0.2) is 45.9 Å². The van der Waals surface area contributed by atoms with Gasteiger partial charge in [-0.05, 0) is 24.6 Å². The molecule has 118 valence electrons. The second kappa shape index (κ2) is 7.19. The lowest BCUT2D eigenvalue weighted by Crippen LogP contribution is -2.24. The predicted molar refractivity (Wildman–Crippen MR) is 81.0 cm³/mol. The number of nitrogens with one attached hydrogen (secondary N) is 2. The van der Waals surface area contributed by atoms with Gasteiger partial charge >= 0.3 is 0 Å². The van der Waals surface area contributed by atoms with Crippen LogP contribution in [0.4, 0.5) is 5.69 Å². The summed E-state index contributed by atoms with van der Waals surface area (Å²) in [5.41, 5.74) is 0.361. The van der Waals surface area contributed by atoms with Gasteiger partial charge in [0.05, 0.1) is 11.1 Å². The third kappa shape index (κ3) is 4.15. The van der Waals surface area contributed by atoms with E-state index in [1.807, 2.05) is 6.92 Å². The summed E-state index contributed by atoms with van der Waals surface area (Å²) in [5, 5.41) is 6.00. The van der Waals surface area contributed by atoms with Crippen LogP contribution in [0.25, 0.3) is 0 Å². The average Bonchev–Trinajstić information content (AvgIpc) is 3.02. The lowest BCUT2D eigenvalue weighted by Gasteiger charge is -2.08. The topological polar surface area (TPSA) is 101 Å². The molecule has 1 amide bonds. The molecule has 2 aromatic rings. The first-order chi connectivity index (χ1) is 10.5. The minimum absolute atomic E-state index is 0.0503. The van der Waals surface area contributed by atoms with Crippen LogP contribution in [0.2, 0.25) is 0 Å². The zero-order chi connectivity index (χ0) is 16.0. The van der Waals surface area contributed by atoms with Crippen molar-refractivity contribution < 1.29 is 17.7 Å². The van der Waals surface area contributed by atoms with Gasteiger partial charge in [0, 0.05) is 18.3 Å². The Bertz CT molecular complexity index is 726. The molecular formula is C14H17N3O4S. The van der Waals surface area contributed by atoms with Crippen LogP contribution in [-0.4, -0.2) is 26.0 Å². The summed E-state index contributed by atoms with van der Waals surface area (Å²) in [6.07, 6.45) is 3.02. The molecule has 1 aromatic carbocycles. The Morgan fingerprint density at radius 3 is 2.82 bits per heavy atom. The molecule has 2 rings (SSSR count). The Balaban J connectivity index is 2.11. The molecule has 22 heavy (non-hydrogen) atoms. The molecule has 7 nitrogen and oxygen atoms in total. The number of sulfonamides is 1. The minimum Gasteiger partial charge on any atom is -0.351 e. The normalized spacial score (nSPS) is 11.3. The molecule has 0 radical (unpaired) electrons. The first-order valence-electron chi connectivity index (χ1n) is 6.84. The number of rotatable bonds is 7. The molecule has 0 atom stereocenters. The van der Waals surface area contributed by atoms with Crippen molar-refractivity contribution in [1.82, 2.24) is 9.88 Å². The van der Waals surface area contributed by atoms with Gasteiger partial charge in [0.2, 0.25) is 15.8 Å². The Kier molecular flexibility index (Phi) is 5.29. The van der Waals surface area contributed by atoms with Crippen LogP contribution in [-0.2, 0) is 10.0 Å². The van der Waals surface area contributed by atoms with Crippen molar-refractivity contribution in [2.75, 3.05) is 11.9 Å². The molecule has 1 heterocycles. The molecule has 0 aliphatic carbocycles. The SMILES string of the molecule is CCCCNS(=O)(=O)c1cccc(NC(=O)c2ccno2)c1. The van der Waals surface area contributed by atoms with Crippen molar-refractivity contribution in [2.24, 2.45) is 0 Å². The molecule has 0 bridgehead atoms. The van der Waals surface area contributed by atoms with Gasteiger partial charge in [-0.25, -0.2) is 13.1 Å². The van der Waals surface area contributed by atoms with Gasteiger partial charge in [0.1, 0.15) is 0 Å². The molecule has 0 aliphatic heterocycles. The first kappa shape index (κ1) is 16.2. The number of amides is 1. The van der Waals surface area contributed by atoms with Gasteiger partial charge in [-0.15, -0.1) is 0 Å². The number of nitrogens with zero attached hydrogens (tertiary/aromatic N) is 1. The van der Waals surface area contributed by atoms with E-state index >= 15 is 0 Å². The van der Waals surface area contributed by atoms with Gasteiger partial charge in [0.15, 0.2) is 0 Å². The number of benzene rings is 1. The highest BCUT2D eigenvalue weighted by Gasteiger charge is 2.15. The molecule has 2 N–H and O–H groups in total. The lowest BCUT2D eigenvalue weighted by atomic mass is 10.3. The van der Waals surface area contributed by atoms with Crippen LogP contribution in [0.1, 0.15) is 30.3 Å². The van der Waals surface area contributed by atoms with Gasteiger partial charge in [-0.3, -0.25) is 4.79 Å². The Morgan fingerprint density at radius 1 is 1.32 bits per heavy atom. The quantitative estimate of drug-likeness (QED) is 0.759. The predicted octanol–water partition coefficient (Wildman–Crippen LogP) is 2.01. The van der Waals surface area contributed by atoms with E-state index in [0.29, 0.717) is 12.2 Å². The summed E-state index contributed by atoms with van der Waals surface area (Å²) < 4.78 is 31.5. The molecule has 0 spiro atoms. The molecular weight excluding hydrogens is 306 g/mol. The maximum atomic E-state index is 12.1. The largest absolute Gasteiger partial charge is 0.351 e. The number of aromatic nitrogens is 1. The van der Waals surface area contributed by atoms with E-state index in [1.165, 1.54) is 24.4 Å². The summed E-state index contributed by atoms with van der Waals surface area (Å²) >= 11 is 0. The van der Waals surface area contributed by atoms with Crippen molar-refractivity contribution in [1.29, 1.82) is 0 Å². The minimum atomic E-state index is -3.58. The summed E-state index contributed by atoms with van der Waals surface area (Å²) in [5.74, 6) is -0.444. The summed E-state index contributed by atoms with van der Waals surface area (Å²) in [6.45, 7) is 2.36. The van der Waals surface area contributed by atoms with Crippen LogP contribution in [0, 0.1) is 0 Å². The van der Waals surface area contributed by atoms with Gasteiger partial charge in [-0.1, -0.05) is 24.6 Å². The number of anilines is 1. The zero-order valence-corrected chi connectivity index (χ0v) is 12.9. The summed E-state index contributed by atoms with van der Waals surface area (Å²) in [7, 11) is -3.58. The Labute approximate surface area is 128 Å². The number of carbonyl (C=O) groups is 1. The molecule has 0 saturated carbocycles. The monoisotopic (exact) mass is 323 g/mol. The van der Waals surface area contributed by atoms with E-state index in [-0.39, 0.29) is 10.7 Å². The van der Waals surface area contributed by atoms with Crippen molar-refractivity contribution in [3.8, 4) is 0 Å². The van der Waals surface area contributed by atoms with E-state index < -0.39 is 15.9 Å². The lowest BCUT2D eigenvalue weighted by molar-refractivity contribution is 0.0988. The van der Waals surface area contributed by atoms with E-state index in [0.717, 1.165) is 12.8 Å². The summed E-state index contributed by atoms with van der Waals surface area (Å²) in [4.78, 5) is 11.9.